The van der Waals surface area contributed by atoms with E-state index in [-0.39, 0.29) is 5.91 Å². The molecule has 2 heterocycles. The molecule has 0 N–H and O–H groups in total. The lowest BCUT2D eigenvalue weighted by Gasteiger charge is -2.17. The minimum absolute atomic E-state index is 0.0386. The van der Waals surface area contributed by atoms with Crippen molar-refractivity contribution in [3.8, 4) is 22.9 Å². The maximum atomic E-state index is 12.7. The van der Waals surface area contributed by atoms with E-state index in [0.29, 0.717) is 30.3 Å². The molecule has 6 nitrogen and oxygen atoms in total. The average molecular weight is 398 g/mol. The average Bonchev–Trinajstić information content (AvgIpc) is 3.28. The highest BCUT2D eigenvalue weighted by Gasteiger charge is 2.14. The van der Waals surface area contributed by atoms with Crippen LogP contribution in [0.4, 0.5) is 0 Å². The second kappa shape index (κ2) is 8.69. The van der Waals surface area contributed by atoms with Crippen molar-refractivity contribution < 1.29 is 9.21 Å². The molecule has 2 aromatic carbocycles. The standard InChI is InChI=1S/C24H22N4O2/c1-17-6-8-18(9-7-17)22-26-27-23(30-22)19-10-12-20(13-11-19)24(29)28(2)16-14-21-5-3-4-15-25-21/h3-13,15H,14,16H2,1-2H3. The quantitative estimate of drug-likeness (QED) is 0.481. The second-order valence-corrected chi connectivity index (χ2v) is 7.15. The Balaban J connectivity index is 1.42. The fourth-order valence-corrected chi connectivity index (χ4v) is 3.06. The Hall–Kier alpha value is -3.80. The summed E-state index contributed by atoms with van der Waals surface area (Å²) >= 11 is 0. The van der Waals surface area contributed by atoms with Crippen LogP contribution >= 0.6 is 0 Å². The van der Waals surface area contributed by atoms with Crippen molar-refractivity contribution in [2.75, 3.05) is 13.6 Å². The molecule has 0 unspecified atom stereocenters. The molecule has 0 spiro atoms. The zero-order valence-corrected chi connectivity index (χ0v) is 16.9. The van der Waals surface area contributed by atoms with Gasteiger partial charge in [0.2, 0.25) is 11.8 Å². The van der Waals surface area contributed by atoms with Crippen molar-refractivity contribution in [2.45, 2.75) is 13.3 Å². The fourth-order valence-electron chi connectivity index (χ4n) is 3.06. The van der Waals surface area contributed by atoms with Crippen molar-refractivity contribution in [2.24, 2.45) is 0 Å². The summed E-state index contributed by atoms with van der Waals surface area (Å²) < 4.78 is 5.81. The summed E-state index contributed by atoms with van der Waals surface area (Å²) in [6, 6.07) is 20.9. The van der Waals surface area contributed by atoms with Gasteiger partial charge in [-0.2, -0.15) is 0 Å². The van der Waals surface area contributed by atoms with E-state index in [4.69, 9.17) is 4.42 Å². The van der Waals surface area contributed by atoms with Crippen molar-refractivity contribution in [3.05, 3.63) is 89.7 Å². The Morgan fingerprint density at radius 1 is 0.900 bits per heavy atom. The molecule has 150 valence electrons. The molecule has 30 heavy (non-hydrogen) atoms. The molecule has 4 rings (SSSR count). The predicted molar refractivity (Wildman–Crippen MR) is 115 cm³/mol. The Morgan fingerprint density at radius 3 is 2.13 bits per heavy atom. The van der Waals surface area contributed by atoms with Gasteiger partial charge in [0.15, 0.2) is 0 Å². The highest BCUT2D eigenvalue weighted by Crippen LogP contribution is 2.24. The number of hydrogen-bond acceptors (Lipinski definition) is 5. The second-order valence-electron chi connectivity index (χ2n) is 7.15. The number of pyridine rings is 1. The van der Waals surface area contributed by atoms with Crippen LogP contribution in [0, 0.1) is 6.92 Å². The topological polar surface area (TPSA) is 72.1 Å². The molecule has 4 aromatic rings. The van der Waals surface area contributed by atoms with Gasteiger partial charge in [0, 0.05) is 48.6 Å². The molecule has 0 radical (unpaired) electrons. The van der Waals surface area contributed by atoms with E-state index < -0.39 is 0 Å². The highest BCUT2D eigenvalue weighted by molar-refractivity contribution is 5.94. The largest absolute Gasteiger partial charge is 0.416 e. The van der Waals surface area contributed by atoms with Gasteiger partial charge in [-0.25, -0.2) is 0 Å². The summed E-state index contributed by atoms with van der Waals surface area (Å²) in [5.74, 6) is 0.857. The van der Waals surface area contributed by atoms with Crippen LogP contribution in [0.1, 0.15) is 21.6 Å². The van der Waals surface area contributed by atoms with Gasteiger partial charge in [0.1, 0.15) is 0 Å². The first-order chi connectivity index (χ1) is 14.6. The van der Waals surface area contributed by atoms with Crippen LogP contribution in [-0.4, -0.2) is 39.6 Å². The molecule has 0 aliphatic heterocycles. The SMILES string of the molecule is Cc1ccc(-c2nnc(-c3ccc(C(=O)N(C)CCc4ccccn4)cc3)o2)cc1. The van der Waals surface area contributed by atoms with E-state index in [9.17, 15) is 4.79 Å². The normalized spacial score (nSPS) is 10.7. The Labute approximate surface area is 175 Å². The molecule has 0 fully saturated rings. The van der Waals surface area contributed by atoms with E-state index in [0.717, 1.165) is 16.8 Å². The van der Waals surface area contributed by atoms with Gasteiger partial charge in [0.25, 0.3) is 5.91 Å². The molecule has 0 atom stereocenters. The number of likely N-dealkylation sites (N-methyl/N-ethyl adjacent to an activating group) is 1. The van der Waals surface area contributed by atoms with Crippen molar-refractivity contribution >= 4 is 5.91 Å². The summed E-state index contributed by atoms with van der Waals surface area (Å²) in [5, 5.41) is 8.27. The molecule has 0 aliphatic rings. The van der Waals surface area contributed by atoms with Gasteiger partial charge >= 0.3 is 0 Å². The Kier molecular flexibility index (Phi) is 5.66. The number of carbonyl (C=O) groups excluding carboxylic acids is 1. The Bertz CT molecular complexity index is 1120. The lowest BCUT2D eigenvalue weighted by atomic mass is 10.1. The number of rotatable bonds is 6. The summed E-state index contributed by atoms with van der Waals surface area (Å²) in [6.07, 6.45) is 2.47. The Morgan fingerprint density at radius 2 is 1.53 bits per heavy atom. The summed E-state index contributed by atoms with van der Waals surface area (Å²) in [4.78, 5) is 18.7. The van der Waals surface area contributed by atoms with Crippen LogP contribution in [0.2, 0.25) is 0 Å². The molecule has 0 bridgehead atoms. The monoisotopic (exact) mass is 398 g/mol. The van der Waals surface area contributed by atoms with Crippen molar-refractivity contribution in [1.82, 2.24) is 20.1 Å². The summed E-state index contributed by atoms with van der Waals surface area (Å²) in [7, 11) is 1.80. The third-order valence-electron chi connectivity index (χ3n) is 4.88. The van der Waals surface area contributed by atoms with Crippen LogP contribution in [0.3, 0.4) is 0 Å². The van der Waals surface area contributed by atoms with E-state index in [2.05, 4.69) is 15.2 Å². The van der Waals surface area contributed by atoms with Crippen LogP contribution in [-0.2, 0) is 6.42 Å². The number of nitrogens with zero attached hydrogens (tertiary/aromatic N) is 4. The molecule has 0 aliphatic carbocycles. The van der Waals surface area contributed by atoms with Gasteiger partial charge in [0.05, 0.1) is 0 Å². The molecule has 0 saturated carbocycles. The smallest absolute Gasteiger partial charge is 0.253 e. The van der Waals surface area contributed by atoms with Gasteiger partial charge in [-0.05, 0) is 55.5 Å². The number of benzene rings is 2. The molecule has 0 saturated heterocycles. The van der Waals surface area contributed by atoms with Crippen LogP contribution < -0.4 is 0 Å². The van der Waals surface area contributed by atoms with E-state index in [1.54, 1.807) is 30.3 Å². The number of carbonyl (C=O) groups is 1. The number of aryl methyl sites for hydroxylation is 1. The third kappa shape index (κ3) is 4.43. The maximum Gasteiger partial charge on any atom is 0.253 e. The highest BCUT2D eigenvalue weighted by atomic mass is 16.4. The van der Waals surface area contributed by atoms with Crippen LogP contribution in [0.25, 0.3) is 22.9 Å². The minimum Gasteiger partial charge on any atom is -0.416 e. The van der Waals surface area contributed by atoms with Crippen molar-refractivity contribution in [3.63, 3.8) is 0 Å². The van der Waals surface area contributed by atoms with Gasteiger partial charge in [-0.15, -0.1) is 10.2 Å². The first-order valence-corrected chi connectivity index (χ1v) is 9.76. The summed E-state index contributed by atoms with van der Waals surface area (Å²) in [5.41, 5.74) is 4.40. The van der Waals surface area contributed by atoms with E-state index in [1.165, 1.54) is 5.56 Å². The van der Waals surface area contributed by atoms with Crippen LogP contribution in [0.5, 0.6) is 0 Å². The molecule has 1 amide bonds. The zero-order valence-electron chi connectivity index (χ0n) is 16.9. The van der Waals surface area contributed by atoms with Crippen LogP contribution in [0.15, 0.2) is 77.3 Å². The number of amides is 1. The first kappa shape index (κ1) is 19.5. The lowest BCUT2D eigenvalue weighted by Crippen LogP contribution is -2.28. The molecule has 2 aromatic heterocycles. The number of hydrogen-bond donors (Lipinski definition) is 0. The zero-order chi connectivity index (χ0) is 20.9. The lowest BCUT2D eigenvalue weighted by molar-refractivity contribution is 0.0796. The predicted octanol–water partition coefficient (Wildman–Crippen LogP) is 4.42. The maximum absolute atomic E-state index is 12.7. The van der Waals surface area contributed by atoms with E-state index >= 15 is 0 Å². The third-order valence-corrected chi connectivity index (χ3v) is 4.88. The fraction of sp³-hybridized carbons (Fsp3) is 0.167. The number of aromatic nitrogens is 3. The molecule has 6 heteroatoms. The first-order valence-electron chi connectivity index (χ1n) is 9.76. The minimum atomic E-state index is -0.0386. The van der Waals surface area contributed by atoms with E-state index in [1.807, 2.05) is 61.5 Å². The summed E-state index contributed by atoms with van der Waals surface area (Å²) in [6.45, 7) is 2.63. The van der Waals surface area contributed by atoms with Gasteiger partial charge in [-0.3, -0.25) is 9.78 Å². The molecular weight excluding hydrogens is 376 g/mol. The van der Waals surface area contributed by atoms with Gasteiger partial charge < -0.3 is 9.32 Å². The van der Waals surface area contributed by atoms with Gasteiger partial charge in [-0.1, -0.05) is 23.8 Å². The molecular formula is C24H22N4O2. The van der Waals surface area contributed by atoms with Crippen molar-refractivity contribution in [1.29, 1.82) is 0 Å².